The molecular weight excluding hydrogens is 146 g/mol. The SMILES string of the molecule is CNC[C@@H](O)c1ccsc1. The minimum Gasteiger partial charge on any atom is -0.387 e. The highest BCUT2D eigenvalue weighted by Gasteiger charge is 2.04. The maximum atomic E-state index is 9.35. The van der Waals surface area contributed by atoms with E-state index in [0.29, 0.717) is 6.54 Å². The fraction of sp³-hybridized carbons (Fsp3) is 0.429. The Morgan fingerprint density at radius 3 is 3.10 bits per heavy atom. The monoisotopic (exact) mass is 157 g/mol. The summed E-state index contributed by atoms with van der Waals surface area (Å²) in [6.45, 7) is 0.622. The molecule has 0 radical (unpaired) electrons. The second kappa shape index (κ2) is 3.71. The van der Waals surface area contributed by atoms with Crippen molar-refractivity contribution in [3.05, 3.63) is 22.4 Å². The van der Waals surface area contributed by atoms with Crippen molar-refractivity contribution in [3.63, 3.8) is 0 Å². The molecule has 2 nitrogen and oxygen atoms in total. The van der Waals surface area contributed by atoms with Gasteiger partial charge >= 0.3 is 0 Å². The number of aliphatic hydroxyl groups is 1. The topological polar surface area (TPSA) is 32.3 Å². The molecular formula is C7H11NOS. The van der Waals surface area contributed by atoms with Crippen molar-refractivity contribution < 1.29 is 5.11 Å². The summed E-state index contributed by atoms with van der Waals surface area (Å²) >= 11 is 1.61. The quantitative estimate of drug-likeness (QED) is 0.686. The first kappa shape index (κ1) is 7.72. The van der Waals surface area contributed by atoms with Gasteiger partial charge in [0.1, 0.15) is 0 Å². The van der Waals surface area contributed by atoms with E-state index in [1.54, 1.807) is 11.3 Å². The van der Waals surface area contributed by atoms with Crippen LogP contribution in [-0.4, -0.2) is 18.7 Å². The molecule has 2 N–H and O–H groups in total. The van der Waals surface area contributed by atoms with Crippen molar-refractivity contribution in [2.24, 2.45) is 0 Å². The Balaban J connectivity index is 2.50. The molecule has 1 aromatic heterocycles. The summed E-state index contributed by atoms with van der Waals surface area (Å²) in [6, 6.07) is 1.94. The van der Waals surface area contributed by atoms with Crippen LogP contribution in [-0.2, 0) is 0 Å². The van der Waals surface area contributed by atoms with Crippen LogP contribution in [0.2, 0.25) is 0 Å². The van der Waals surface area contributed by atoms with E-state index in [9.17, 15) is 5.11 Å². The molecule has 3 heteroatoms. The Morgan fingerprint density at radius 1 is 1.80 bits per heavy atom. The van der Waals surface area contributed by atoms with E-state index in [-0.39, 0.29) is 6.10 Å². The molecule has 1 aromatic rings. The molecule has 0 spiro atoms. The van der Waals surface area contributed by atoms with Crippen LogP contribution < -0.4 is 5.32 Å². The van der Waals surface area contributed by atoms with Crippen molar-refractivity contribution in [2.45, 2.75) is 6.10 Å². The van der Waals surface area contributed by atoms with Gasteiger partial charge in [0, 0.05) is 6.54 Å². The number of likely N-dealkylation sites (N-methyl/N-ethyl adjacent to an activating group) is 1. The maximum absolute atomic E-state index is 9.35. The predicted octanol–water partition coefficient (Wildman–Crippen LogP) is 1.00. The third kappa shape index (κ3) is 1.80. The molecule has 0 unspecified atom stereocenters. The van der Waals surface area contributed by atoms with Gasteiger partial charge in [-0.2, -0.15) is 11.3 Å². The summed E-state index contributed by atoms with van der Waals surface area (Å²) in [5.74, 6) is 0. The van der Waals surface area contributed by atoms with Crippen LogP contribution in [0.15, 0.2) is 16.8 Å². The third-order valence-electron chi connectivity index (χ3n) is 1.33. The number of thiophene rings is 1. The highest BCUT2D eigenvalue weighted by molar-refractivity contribution is 7.07. The van der Waals surface area contributed by atoms with Gasteiger partial charge in [0.15, 0.2) is 0 Å². The van der Waals surface area contributed by atoms with Crippen LogP contribution in [0.4, 0.5) is 0 Å². The third-order valence-corrected chi connectivity index (χ3v) is 2.03. The number of nitrogens with one attached hydrogen (secondary N) is 1. The van der Waals surface area contributed by atoms with Gasteiger partial charge in [0.25, 0.3) is 0 Å². The summed E-state index contributed by atoms with van der Waals surface area (Å²) in [5.41, 5.74) is 0.999. The maximum Gasteiger partial charge on any atom is 0.0922 e. The van der Waals surface area contributed by atoms with Gasteiger partial charge in [-0.05, 0) is 29.4 Å². The van der Waals surface area contributed by atoms with Gasteiger partial charge in [-0.3, -0.25) is 0 Å². The van der Waals surface area contributed by atoms with Gasteiger partial charge in [-0.25, -0.2) is 0 Å². The second-order valence-corrected chi connectivity index (χ2v) is 2.91. The minimum absolute atomic E-state index is 0.351. The zero-order valence-corrected chi connectivity index (χ0v) is 6.69. The molecule has 0 fully saturated rings. The number of hydrogen-bond acceptors (Lipinski definition) is 3. The van der Waals surface area contributed by atoms with Gasteiger partial charge in [0.05, 0.1) is 6.10 Å². The van der Waals surface area contributed by atoms with Crippen LogP contribution in [0.5, 0.6) is 0 Å². The van der Waals surface area contributed by atoms with Crippen molar-refractivity contribution in [3.8, 4) is 0 Å². The predicted molar refractivity (Wildman–Crippen MR) is 43.2 cm³/mol. The lowest BCUT2D eigenvalue weighted by Gasteiger charge is -2.05. The number of aliphatic hydroxyl groups excluding tert-OH is 1. The van der Waals surface area contributed by atoms with E-state index in [4.69, 9.17) is 0 Å². The first-order chi connectivity index (χ1) is 4.84. The molecule has 1 atom stereocenters. The van der Waals surface area contributed by atoms with Crippen molar-refractivity contribution in [2.75, 3.05) is 13.6 Å². The van der Waals surface area contributed by atoms with Crippen LogP contribution >= 0.6 is 11.3 Å². The van der Waals surface area contributed by atoms with Gasteiger partial charge < -0.3 is 10.4 Å². The van der Waals surface area contributed by atoms with E-state index >= 15 is 0 Å². The Hall–Kier alpha value is -0.380. The Morgan fingerprint density at radius 2 is 2.60 bits per heavy atom. The molecule has 0 bridgehead atoms. The molecule has 0 aliphatic rings. The largest absolute Gasteiger partial charge is 0.387 e. The number of rotatable bonds is 3. The summed E-state index contributed by atoms with van der Waals surface area (Å²) in [7, 11) is 1.83. The van der Waals surface area contributed by atoms with Crippen molar-refractivity contribution in [1.29, 1.82) is 0 Å². The standard InChI is InChI=1S/C7H11NOS/c1-8-4-7(9)6-2-3-10-5-6/h2-3,5,7-9H,4H2,1H3/t7-/m1/s1. The normalized spacial score (nSPS) is 13.4. The first-order valence-corrected chi connectivity index (χ1v) is 4.13. The fourth-order valence-electron chi connectivity index (χ4n) is 0.776. The molecule has 56 valence electrons. The lowest BCUT2D eigenvalue weighted by molar-refractivity contribution is 0.178. The summed E-state index contributed by atoms with van der Waals surface area (Å²) < 4.78 is 0. The van der Waals surface area contributed by atoms with Crippen LogP contribution in [0.25, 0.3) is 0 Å². The molecule has 0 aliphatic carbocycles. The molecule has 0 saturated carbocycles. The Kier molecular flexibility index (Phi) is 2.86. The molecule has 1 heterocycles. The van der Waals surface area contributed by atoms with E-state index in [1.807, 2.05) is 23.9 Å². The minimum atomic E-state index is -0.351. The van der Waals surface area contributed by atoms with Crippen molar-refractivity contribution in [1.82, 2.24) is 5.32 Å². The molecule has 0 aliphatic heterocycles. The van der Waals surface area contributed by atoms with Crippen LogP contribution in [0, 0.1) is 0 Å². The number of hydrogen-bond donors (Lipinski definition) is 2. The lowest BCUT2D eigenvalue weighted by Crippen LogP contribution is -2.15. The highest BCUT2D eigenvalue weighted by Crippen LogP contribution is 2.14. The zero-order valence-electron chi connectivity index (χ0n) is 5.87. The average molecular weight is 157 g/mol. The second-order valence-electron chi connectivity index (χ2n) is 2.13. The Bertz CT molecular complexity index is 174. The van der Waals surface area contributed by atoms with Gasteiger partial charge in [-0.15, -0.1) is 0 Å². The van der Waals surface area contributed by atoms with E-state index in [2.05, 4.69) is 5.32 Å². The summed E-state index contributed by atoms with van der Waals surface area (Å²) in [4.78, 5) is 0. The van der Waals surface area contributed by atoms with E-state index in [1.165, 1.54) is 0 Å². The average Bonchev–Trinajstić information content (AvgIpc) is 2.38. The van der Waals surface area contributed by atoms with E-state index in [0.717, 1.165) is 5.56 Å². The first-order valence-electron chi connectivity index (χ1n) is 3.19. The molecule has 0 amide bonds. The molecule has 0 saturated heterocycles. The highest BCUT2D eigenvalue weighted by atomic mass is 32.1. The molecule has 0 aromatic carbocycles. The van der Waals surface area contributed by atoms with E-state index < -0.39 is 0 Å². The van der Waals surface area contributed by atoms with Gasteiger partial charge in [-0.1, -0.05) is 0 Å². The molecule has 1 rings (SSSR count). The summed E-state index contributed by atoms with van der Waals surface area (Å²) in [6.07, 6.45) is -0.351. The van der Waals surface area contributed by atoms with Gasteiger partial charge in [0.2, 0.25) is 0 Å². The molecule has 10 heavy (non-hydrogen) atoms. The smallest absolute Gasteiger partial charge is 0.0922 e. The Labute approximate surface area is 64.5 Å². The van der Waals surface area contributed by atoms with Crippen LogP contribution in [0.1, 0.15) is 11.7 Å². The van der Waals surface area contributed by atoms with Crippen molar-refractivity contribution >= 4 is 11.3 Å². The summed E-state index contributed by atoms with van der Waals surface area (Å²) in [5, 5.41) is 16.2. The fourth-order valence-corrected chi connectivity index (χ4v) is 1.48. The van der Waals surface area contributed by atoms with Crippen LogP contribution in [0.3, 0.4) is 0 Å². The lowest BCUT2D eigenvalue weighted by atomic mass is 10.2. The zero-order chi connectivity index (χ0) is 7.40.